The van der Waals surface area contributed by atoms with Crippen molar-refractivity contribution in [2.45, 2.75) is 32.9 Å². The molecule has 27 heavy (non-hydrogen) atoms. The zero-order valence-electron chi connectivity index (χ0n) is 15.6. The molecule has 0 saturated heterocycles. The van der Waals surface area contributed by atoms with Gasteiger partial charge in [-0.2, -0.15) is 0 Å². The van der Waals surface area contributed by atoms with Crippen LogP contribution in [0.1, 0.15) is 30.0 Å². The van der Waals surface area contributed by atoms with Crippen LogP contribution >= 0.6 is 0 Å². The Morgan fingerprint density at radius 2 is 2.07 bits per heavy atom. The van der Waals surface area contributed by atoms with Crippen molar-refractivity contribution in [3.8, 4) is 11.5 Å². The summed E-state index contributed by atoms with van der Waals surface area (Å²) in [5.41, 5.74) is 1.19. The Labute approximate surface area is 157 Å². The minimum atomic E-state index is -0.233. The van der Waals surface area contributed by atoms with E-state index < -0.39 is 0 Å². The molecule has 140 valence electrons. The Balaban J connectivity index is 1.60. The lowest BCUT2D eigenvalue weighted by Gasteiger charge is -2.33. The summed E-state index contributed by atoms with van der Waals surface area (Å²) in [4.78, 5) is 23.8. The van der Waals surface area contributed by atoms with Gasteiger partial charge in [0.05, 0.1) is 12.2 Å². The predicted molar refractivity (Wildman–Crippen MR) is 100 cm³/mol. The minimum absolute atomic E-state index is 0.000100. The van der Waals surface area contributed by atoms with Gasteiger partial charge in [0.25, 0.3) is 5.91 Å². The van der Waals surface area contributed by atoms with E-state index in [9.17, 15) is 4.79 Å². The Bertz CT molecular complexity index is 982. The van der Waals surface area contributed by atoms with E-state index in [-0.39, 0.29) is 18.1 Å². The summed E-state index contributed by atoms with van der Waals surface area (Å²) in [7, 11) is 0. The molecule has 1 aromatic carbocycles. The van der Waals surface area contributed by atoms with Gasteiger partial charge in [-0.25, -0.2) is 9.97 Å². The van der Waals surface area contributed by atoms with Gasteiger partial charge in [0, 0.05) is 18.4 Å². The van der Waals surface area contributed by atoms with Crippen LogP contribution in [0.3, 0.4) is 0 Å². The topological polar surface area (TPSA) is 69.0 Å². The van der Waals surface area contributed by atoms with Crippen molar-refractivity contribution in [2.75, 3.05) is 13.2 Å². The molecule has 2 aromatic heterocycles. The Morgan fingerprint density at radius 3 is 2.85 bits per heavy atom. The van der Waals surface area contributed by atoms with Gasteiger partial charge in [-0.15, -0.1) is 0 Å². The van der Waals surface area contributed by atoms with Gasteiger partial charge >= 0.3 is 0 Å². The maximum Gasteiger partial charge on any atom is 0.273 e. The van der Waals surface area contributed by atoms with Crippen LogP contribution in [0.15, 0.2) is 42.7 Å². The number of aromatic nitrogens is 3. The van der Waals surface area contributed by atoms with Crippen LogP contribution < -0.4 is 9.47 Å². The SMILES string of the molecule is Cc1nc2ncccn2c1C(=O)N(CC1COc2ccccc2O1)C(C)C. The van der Waals surface area contributed by atoms with E-state index in [0.717, 1.165) is 5.75 Å². The summed E-state index contributed by atoms with van der Waals surface area (Å²) < 4.78 is 13.6. The van der Waals surface area contributed by atoms with Crippen molar-refractivity contribution >= 4 is 11.7 Å². The van der Waals surface area contributed by atoms with Crippen molar-refractivity contribution in [1.82, 2.24) is 19.3 Å². The van der Waals surface area contributed by atoms with Crippen molar-refractivity contribution in [3.63, 3.8) is 0 Å². The second kappa shape index (κ2) is 6.90. The summed E-state index contributed by atoms with van der Waals surface area (Å²) >= 11 is 0. The summed E-state index contributed by atoms with van der Waals surface area (Å²) in [5, 5.41) is 0. The molecule has 0 fully saturated rings. The minimum Gasteiger partial charge on any atom is -0.486 e. The molecule has 1 amide bonds. The first-order valence-corrected chi connectivity index (χ1v) is 9.03. The molecule has 3 aromatic rings. The van der Waals surface area contributed by atoms with Gasteiger partial charge in [0.1, 0.15) is 12.3 Å². The molecule has 1 unspecified atom stereocenters. The first-order chi connectivity index (χ1) is 13.0. The number of imidazole rings is 1. The number of rotatable bonds is 4. The van der Waals surface area contributed by atoms with Crippen LogP contribution in [0, 0.1) is 6.92 Å². The molecular formula is C20H22N4O3. The highest BCUT2D eigenvalue weighted by Crippen LogP contribution is 2.31. The molecule has 1 aliphatic heterocycles. The quantitative estimate of drug-likeness (QED) is 0.710. The third-order valence-electron chi connectivity index (χ3n) is 4.63. The summed E-state index contributed by atoms with van der Waals surface area (Å²) in [5.74, 6) is 1.87. The van der Waals surface area contributed by atoms with Gasteiger partial charge in [-0.05, 0) is 39.0 Å². The van der Waals surface area contributed by atoms with Crippen molar-refractivity contribution in [1.29, 1.82) is 0 Å². The average molecular weight is 366 g/mol. The number of ether oxygens (including phenoxy) is 2. The zero-order chi connectivity index (χ0) is 19.0. The van der Waals surface area contributed by atoms with Gasteiger partial charge in [-0.3, -0.25) is 9.20 Å². The van der Waals surface area contributed by atoms with Crippen molar-refractivity contribution in [2.24, 2.45) is 0 Å². The largest absolute Gasteiger partial charge is 0.486 e. The maximum absolute atomic E-state index is 13.3. The number of aryl methyl sites for hydroxylation is 1. The zero-order valence-corrected chi connectivity index (χ0v) is 15.6. The second-order valence-electron chi connectivity index (χ2n) is 6.88. The van der Waals surface area contributed by atoms with Gasteiger partial charge in [0.2, 0.25) is 5.78 Å². The number of carbonyl (C=O) groups is 1. The number of nitrogens with zero attached hydrogens (tertiary/aromatic N) is 4. The Morgan fingerprint density at radius 1 is 1.30 bits per heavy atom. The van der Waals surface area contributed by atoms with E-state index in [1.54, 1.807) is 21.6 Å². The molecule has 4 rings (SSSR count). The smallest absolute Gasteiger partial charge is 0.273 e. The van der Waals surface area contributed by atoms with E-state index in [1.165, 1.54) is 0 Å². The molecule has 0 bridgehead atoms. The fourth-order valence-corrected chi connectivity index (χ4v) is 3.29. The van der Waals surface area contributed by atoms with Gasteiger partial charge < -0.3 is 14.4 Å². The molecule has 0 radical (unpaired) electrons. The highest BCUT2D eigenvalue weighted by Gasteiger charge is 2.30. The molecule has 0 N–H and O–H groups in total. The molecule has 0 saturated carbocycles. The van der Waals surface area contributed by atoms with Crippen LogP contribution in [0.25, 0.3) is 5.78 Å². The first kappa shape index (κ1) is 17.3. The lowest BCUT2D eigenvalue weighted by molar-refractivity contribution is 0.0388. The third-order valence-corrected chi connectivity index (χ3v) is 4.63. The van der Waals surface area contributed by atoms with Gasteiger partial charge in [0.15, 0.2) is 17.6 Å². The van der Waals surface area contributed by atoms with Crippen LogP contribution in [-0.2, 0) is 0 Å². The third kappa shape index (κ3) is 3.20. The molecule has 1 atom stereocenters. The molecule has 7 nitrogen and oxygen atoms in total. The van der Waals surface area contributed by atoms with Crippen LogP contribution in [0.4, 0.5) is 0 Å². The summed E-state index contributed by atoms with van der Waals surface area (Å²) in [6, 6.07) is 9.37. The molecule has 3 heterocycles. The standard InChI is InChI=1S/C20H22N4O3/c1-13(2)24(11-15-12-26-16-7-4-5-8-17(16)27-15)19(25)18-14(3)22-20-21-9-6-10-23(18)20/h4-10,13,15H,11-12H2,1-3H3. The molecule has 7 heteroatoms. The molecule has 0 spiro atoms. The monoisotopic (exact) mass is 366 g/mol. The second-order valence-corrected chi connectivity index (χ2v) is 6.88. The number of benzene rings is 1. The Hall–Kier alpha value is -3.09. The van der Waals surface area contributed by atoms with Crippen LogP contribution in [-0.4, -0.2) is 50.5 Å². The van der Waals surface area contributed by atoms with Crippen molar-refractivity contribution in [3.05, 3.63) is 54.1 Å². The van der Waals surface area contributed by atoms with E-state index >= 15 is 0 Å². The van der Waals surface area contributed by atoms with E-state index in [2.05, 4.69) is 9.97 Å². The van der Waals surface area contributed by atoms with Gasteiger partial charge in [-0.1, -0.05) is 12.1 Å². The fourth-order valence-electron chi connectivity index (χ4n) is 3.29. The number of amides is 1. The van der Waals surface area contributed by atoms with Crippen LogP contribution in [0.5, 0.6) is 11.5 Å². The summed E-state index contributed by atoms with van der Waals surface area (Å²) in [6.07, 6.45) is 3.25. The number of hydrogen-bond donors (Lipinski definition) is 0. The highest BCUT2D eigenvalue weighted by atomic mass is 16.6. The molecular weight excluding hydrogens is 344 g/mol. The summed E-state index contributed by atoms with van der Waals surface area (Å²) in [6.45, 7) is 6.65. The fraction of sp³-hybridized carbons (Fsp3) is 0.350. The van der Waals surface area contributed by atoms with Crippen LogP contribution in [0.2, 0.25) is 0 Å². The molecule has 1 aliphatic rings. The normalized spacial score (nSPS) is 15.9. The first-order valence-electron chi connectivity index (χ1n) is 9.03. The lowest BCUT2D eigenvalue weighted by atomic mass is 10.2. The van der Waals surface area contributed by atoms with E-state index in [1.807, 2.05) is 51.2 Å². The number of para-hydroxylation sites is 2. The Kier molecular flexibility index (Phi) is 4.43. The average Bonchev–Trinajstić information content (AvgIpc) is 3.01. The predicted octanol–water partition coefficient (Wildman–Crippen LogP) is 2.73. The lowest BCUT2D eigenvalue weighted by Crippen LogP contribution is -2.47. The number of fused-ring (bicyclic) bond motifs is 2. The van der Waals surface area contributed by atoms with Crippen molar-refractivity contribution < 1.29 is 14.3 Å². The maximum atomic E-state index is 13.3. The number of hydrogen-bond acceptors (Lipinski definition) is 5. The van der Waals surface area contributed by atoms with E-state index in [0.29, 0.717) is 36.1 Å². The van der Waals surface area contributed by atoms with E-state index in [4.69, 9.17) is 9.47 Å². The highest BCUT2D eigenvalue weighted by molar-refractivity contribution is 5.94. The number of carbonyl (C=O) groups excluding carboxylic acids is 1. The molecule has 0 aliphatic carbocycles.